The van der Waals surface area contributed by atoms with Crippen molar-refractivity contribution in [3.8, 4) is 0 Å². The summed E-state index contributed by atoms with van der Waals surface area (Å²) < 4.78 is 24.8. The van der Waals surface area contributed by atoms with Crippen molar-refractivity contribution in [2.75, 3.05) is 32.6 Å². The van der Waals surface area contributed by atoms with Gasteiger partial charge in [0.25, 0.3) is 0 Å². The molecule has 0 aliphatic heterocycles. The first kappa shape index (κ1) is 14.9. The van der Waals surface area contributed by atoms with Crippen molar-refractivity contribution in [2.45, 2.75) is 17.9 Å². The fourth-order valence-corrected chi connectivity index (χ4v) is 2.14. The van der Waals surface area contributed by atoms with Gasteiger partial charge in [0.1, 0.15) is 10.7 Å². The number of hydrogen-bond acceptors (Lipinski definition) is 5. The lowest BCUT2D eigenvalue weighted by molar-refractivity contribution is 0.270. The van der Waals surface area contributed by atoms with Gasteiger partial charge >= 0.3 is 0 Å². The maximum Gasteiger partial charge on any atom is 0.244 e. The first-order chi connectivity index (χ1) is 8.30. The monoisotopic (exact) mass is 273 g/mol. The zero-order valence-corrected chi connectivity index (χ0v) is 11.8. The van der Waals surface area contributed by atoms with E-state index < -0.39 is 10.0 Å². The van der Waals surface area contributed by atoms with Crippen molar-refractivity contribution in [1.82, 2.24) is 9.29 Å². The number of aromatic nitrogens is 1. The summed E-state index contributed by atoms with van der Waals surface area (Å²) in [6.45, 7) is 1.86. The fraction of sp³-hybridized carbons (Fsp3) is 0.545. The van der Waals surface area contributed by atoms with Crippen LogP contribution in [0.5, 0.6) is 0 Å². The number of aliphatic hydroxyl groups is 1. The summed E-state index contributed by atoms with van der Waals surface area (Å²) >= 11 is 0. The Morgan fingerprint density at radius 3 is 2.33 bits per heavy atom. The zero-order valence-electron chi connectivity index (χ0n) is 11.0. The predicted molar refractivity (Wildman–Crippen MR) is 70.1 cm³/mol. The van der Waals surface area contributed by atoms with Crippen LogP contribution < -0.4 is 4.90 Å². The Balaban J connectivity index is 3.01. The summed E-state index contributed by atoms with van der Waals surface area (Å²) in [4.78, 5) is 6.04. The first-order valence-electron chi connectivity index (χ1n) is 5.53. The highest BCUT2D eigenvalue weighted by Crippen LogP contribution is 2.16. The lowest BCUT2D eigenvalue weighted by Gasteiger charge is -2.24. The molecule has 18 heavy (non-hydrogen) atoms. The number of rotatable bonds is 5. The van der Waals surface area contributed by atoms with Crippen LogP contribution in [-0.2, 0) is 10.0 Å². The fourth-order valence-electron chi connectivity index (χ4n) is 1.29. The number of likely N-dealkylation sites (N-methyl/N-ethyl adjacent to an activating group) is 1. The molecule has 0 aromatic carbocycles. The van der Waals surface area contributed by atoms with Crippen LogP contribution in [0.15, 0.2) is 23.2 Å². The summed E-state index contributed by atoms with van der Waals surface area (Å²) in [5.74, 6) is 0.620. The van der Waals surface area contributed by atoms with Gasteiger partial charge in [0.05, 0.1) is 12.6 Å². The molecule has 1 heterocycles. The molecule has 0 fully saturated rings. The van der Waals surface area contributed by atoms with Crippen molar-refractivity contribution in [3.63, 3.8) is 0 Å². The van der Waals surface area contributed by atoms with Crippen LogP contribution in [0.2, 0.25) is 0 Å². The molecule has 0 saturated heterocycles. The molecule has 0 amide bonds. The molecule has 102 valence electrons. The number of aliphatic hydroxyl groups excluding tert-OH is 1. The predicted octanol–water partition coefficient (Wildman–Crippen LogP) is 0.149. The molecular formula is C11H19N3O3S. The molecular weight excluding hydrogens is 254 g/mol. The molecule has 1 unspecified atom stereocenters. The van der Waals surface area contributed by atoms with Gasteiger partial charge in [-0.15, -0.1) is 0 Å². The third-order valence-electron chi connectivity index (χ3n) is 2.79. The van der Waals surface area contributed by atoms with E-state index in [0.29, 0.717) is 5.82 Å². The molecule has 0 aliphatic rings. The number of hydrogen-bond donors (Lipinski definition) is 1. The van der Waals surface area contributed by atoms with Crippen molar-refractivity contribution in [2.24, 2.45) is 0 Å². The Kier molecular flexibility index (Phi) is 4.66. The van der Waals surface area contributed by atoms with E-state index in [1.54, 1.807) is 18.0 Å². The summed E-state index contributed by atoms with van der Waals surface area (Å²) in [6, 6.07) is 3.06. The van der Waals surface area contributed by atoms with Crippen LogP contribution in [0.25, 0.3) is 0 Å². The van der Waals surface area contributed by atoms with Crippen LogP contribution in [-0.4, -0.2) is 56.6 Å². The molecule has 7 heteroatoms. The van der Waals surface area contributed by atoms with E-state index in [1.807, 2.05) is 6.92 Å². The number of nitrogens with zero attached hydrogens (tertiary/aromatic N) is 3. The van der Waals surface area contributed by atoms with E-state index in [4.69, 9.17) is 5.11 Å². The Labute approximate surface area is 108 Å². The van der Waals surface area contributed by atoms with Gasteiger partial charge in [-0.3, -0.25) is 0 Å². The molecule has 1 aromatic heterocycles. The van der Waals surface area contributed by atoms with Gasteiger partial charge in [-0.25, -0.2) is 17.7 Å². The zero-order chi connectivity index (χ0) is 13.9. The molecule has 0 spiro atoms. The first-order valence-corrected chi connectivity index (χ1v) is 6.97. The van der Waals surface area contributed by atoms with E-state index in [0.717, 1.165) is 4.31 Å². The van der Waals surface area contributed by atoms with E-state index in [2.05, 4.69) is 4.98 Å². The summed E-state index contributed by atoms with van der Waals surface area (Å²) in [5, 5.41) is 9.05. The number of anilines is 1. The second kappa shape index (κ2) is 5.64. The summed E-state index contributed by atoms with van der Waals surface area (Å²) in [6.07, 6.45) is 1.32. The standard InChI is InChI=1S/C11H19N3O3S/c1-9(8-15)14(4)11-6-5-10(7-12-11)18(16,17)13(2)3/h5-7,9,15H,8H2,1-4H3. The van der Waals surface area contributed by atoms with Crippen molar-refractivity contribution in [3.05, 3.63) is 18.3 Å². The topological polar surface area (TPSA) is 73.7 Å². The Hall–Kier alpha value is -1.18. The SMILES string of the molecule is CC(CO)N(C)c1ccc(S(=O)(=O)N(C)C)cn1. The Morgan fingerprint density at radius 2 is 1.94 bits per heavy atom. The molecule has 1 atom stereocenters. The lowest BCUT2D eigenvalue weighted by Crippen LogP contribution is -2.32. The van der Waals surface area contributed by atoms with Crippen molar-refractivity contribution in [1.29, 1.82) is 0 Å². The maximum absolute atomic E-state index is 11.8. The maximum atomic E-state index is 11.8. The van der Waals surface area contributed by atoms with Gasteiger partial charge in [0, 0.05) is 27.3 Å². The van der Waals surface area contributed by atoms with Gasteiger partial charge in [0.15, 0.2) is 0 Å². The van der Waals surface area contributed by atoms with E-state index in [9.17, 15) is 8.42 Å². The van der Waals surface area contributed by atoms with Crippen LogP contribution in [0.1, 0.15) is 6.92 Å². The molecule has 1 aromatic rings. The summed E-state index contributed by atoms with van der Waals surface area (Å²) in [7, 11) is 1.30. The highest BCUT2D eigenvalue weighted by molar-refractivity contribution is 7.89. The summed E-state index contributed by atoms with van der Waals surface area (Å²) in [5.41, 5.74) is 0. The van der Waals surface area contributed by atoms with Crippen LogP contribution in [0.3, 0.4) is 0 Å². The Bertz CT molecular complexity index is 485. The minimum absolute atomic E-state index is 0.00985. The van der Waals surface area contributed by atoms with Crippen LogP contribution in [0.4, 0.5) is 5.82 Å². The Morgan fingerprint density at radius 1 is 1.33 bits per heavy atom. The quantitative estimate of drug-likeness (QED) is 0.826. The normalized spacial score (nSPS) is 13.7. The third kappa shape index (κ3) is 2.98. The molecule has 0 bridgehead atoms. The average Bonchev–Trinajstić information content (AvgIpc) is 2.36. The van der Waals surface area contributed by atoms with Crippen molar-refractivity contribution >= 4 is 15.8 Å². The van der Waals surface area contributed by atoms with E-state index >= 15 is 0 Å². The average molecular weight is 273 g/mol. The molecule has 0 aliphatic carbocycles. The van der Waals surface area contributed by atoms with Crippen LogP contribution >= 0.6 is 0 Å². The molecule has 1 rings (SSSR count). The minimum atomic E-state index is -3.44. The molecule has 1 N–H and O–H groups in total. The van der Waals surface area contributed by atoms with Gasteiger partial charge in [-0.05, 0) is 19.1 Å². The third-order valence-corrected chi connectivity index (χ3v) is 4.58. The second-order valence-corrected chi connectivity index (χ2v) is 6.43. The molecule has 6 nitrogen and oxygen atoms in total. The molecule has 0 radical (unpaired) electrons. The van der Waals surface area contributed by atoms with Gasteiger partial charge < -0.3 is 10.0 Å². The van der Waals surface area contributed by atoms with Gasteiger partial charge in [0.2, 0.25) is 10.0 Å². The number of sulfonamides is 1. The van der Waals surface area contributed by atoms with E-state index in [-0.39, 0.29) is 17.5 Å². The lowest BCUT2D eigenvalue weighted by atomic mass is 10.3. The van der Waals surface area contributed by atoms with Gasteiger partial charge in [-0.1, -0.05) is 0 Å². The second-order valence-electron chi connectivity index (χ2n) is 4.28. The highest BCUT2D eigenvalue weighted by atomic mass is 32.2. The number of pyridine rings is 1. The van der Waals surface area contributed by atoms with Gasteiger partial charge in [-0.2, -0.15) is 0 Å². The smallest absolute Gasteiger partial charge is 0.244 e. The largest absolute Gasteiger partial charge is 0.394 e. The molecule has 0 saturated carbocycles. The van der Waals surface area contributed by atoms with E-state index in [1.165, 1.54) is 26.4 Å². The van der Waals surface area contributed by atoms with Crippen molar-refractivity contribution < 1.29 is 13.5 Å². The highest BCUT2D eigenvalue weighted by Gasteiger charge is 2.18. The minimum Gasteiger partial charge on any atom is -0.394 e. The van der Waals surface area contributed by atoms with Crippen LogP contribution in [0, 0.1) is 0 Å².